The monoisotopic (exact) mass is 292 g/mol. The summed E-state index contributed by atoms with van der Waals surface area (Å²) in [6, 6.07) is 0. The van der Waals surface area contributed by atoms with Gasteiger partial charge in [-0.3, -0.25) is 4.79 Å². The number of rotatable bonds is 11. The van der Waals surface area contributed by atoms with E-state index in [1.54, 1.807) is 0 Å². The molecule has 0 saturated heterocycles. The summed E-state index contributed by atoms with van der Waals surface area (Å²) in [5.74, 6) is -0.717. The molecular weight excluding hydrogens is 268 g/mol. The number of carbonyl (C=O) groups is 1. The number of alkyl halides is 1. The van der Waals surface area contributed by atoms with Crippen molar-refractivity contribution < 1.29 is 9.90 Å². The third-order valence-corrected chi connectivity index (χ3v) is 3.50. The van der Waals surface area contributed by atoms with E-state index in [1.807, 2.05) is 0 Å². The summed E-state index contributed by atoms with van der Waals surface area (Å²) in [5.41, 5.74) is 0. The third kappa shape index (κ3) is 9.20. The number of carboxylic acids is 1. The van der Waals surface area contributed by atoms with Crippen LogP contribution >= 0.6 is 15.9 Å². The topological polar surface area (TPSA) is 37.3 Å². The van der Waals surface area contributed by atoms with Crippen LogP contribution in [-0.2, 0) is 4.79 Å². The Kier molecular flexibility index (Phi) is 11.4. The highest BCUT2D eigenvalue weighted by Crippen LogP contribution is 2.18. The van der Waals surface area contributed by atoms with Crippen LogP contribution in [0.15, 0.2) is 0 Å². The third-order valence-electron chi connectivity index (χ3n) is 2.94. The zero-order valence-electron chi connectivity index (χ0n) is 10.4. The molecular formula is C13H25BrO2. The van der Waals surface area contributed by atoms with Crippen LogP contribution in [0, 0.1) is 5.92 Å². The lowest BCUT2D eigenvalue weighted by atomic mass is 9.95. The van der Waals surface area contributed by atoms with E-state index in [4.69, 9.17) is 5.11 Å². The maximum absolute atomic E-state index is 11.0. The minimum atomic E-state index is -0.606. The van der Waals surface area contributed by atoms with Crippen LogP contribution in [0.4, 0.5) is 0 Å². The fourth-order valence-corrected chi connectivity index (χ4v) is 2.27. The van der Waals surface area contributed by atoms with Crippen molar-refractivity contribution in [1.29, 1.82) is 0 Å². The summed E-state index contributed by atoms with van der Waals surface area (Å²) < 4.78 is 0. The predicted octanol–water partition coefficient (Wildman–Crippen LogP) is 4.61. The molecule has 96 valence electrons. The zero-order valence-corrected chi connectivity index (χ0v) is 12.0. The summed E-state index contributed by atoms with van der Waals surface area (Å²) >= 11 is 3.37. The van der Waals surface area contributed by atoms with Gasteiger partial charge in [0, 0.05) is 5.33 Å². The molecule has 0 heterocycles. The lowest BCUT2D eigenvalue weighted by molar-refractivity contribution is -0.142. The van der Waals surface area contributed by atoms with Crippen LogP contribution in [0.2, 0.25) is 0 Å². The molecule has 0 fully saturated rings. The van der Waals surface area contributed by atoms with Crippen LogP contribution < -0.4 is 0 Å². The number of aliphatic carboxylic acids is 1. The molecule has 0 aliphatic rings. The van der Waals surface area contributed by atoms with Crippen LogP contribution in [0.1, 0.15) is 64.7 Å². The molecule has 0 saturated carbocycles. The van der Waals surface area contributed by atoms with E-state index in [0.717, 1.165) is 37.4 Å². The molecule has 0 amide bonds. The van der Waals surface area contributed by atoms with Gasteiger partial charge in [-0.05, 0) is 19.3 Å². The summed E-state index contributed by atoms with van der Waals surface area (Å²) in [6.07, 6.45) is 9.85. The molecule has 3 heteroatoms. The van der Waals surface area contributed by atoms with Gasteiger partial charge in [0.25, 0.3) is 0 Å². The van der Waals surface area contributed by atoms with Gasteiger partial charge in [-0.15, -0.1) is 0 Å². The first-order chi connectivity index (χ1) is 7.72. The average molecular weight is 293 g/mol. The number of unbranched alkanes of at least 4 members (excludes halogenated alkanes) is 5. The molecule has 2 nitrogen and oxygen atoms in total. The second-order valence-electron chi connectivity index (χ2n) is 4.42. The van der Waals surface area contributed by atoms with Crippen molar-refractivity contribution in [2.24, 2.45) is 5.92 Å². The SMILES string of the molecule is CCCCCCCC(CCCCBr)C(=O)O. The van der Waals surface area contributed by atoms with Crippen molar-refractivity contribution in [2.45, 2.75) is 64.7 Å². The van der Waals surface area contributed by atoms with Gasteiger partial charge in [0.05, 0.1) is 5.92 Å². The van der Waals surface area contributed by atoms with E-state index in [1.165, 1.54) is 25.7 Å². The molecule has 1 N–H and O–H groups in total. The first kappa shape index (κ1) is 16.0. The predicted molar refractivity (Wildman–Crippen MR) is 72.1 cm³/mol. The maximum Gasteiger partial charge on any atom is 0.306 e. The van der Waals surface area contributed by atoms with Crippen LogP contribution in [0.3, 0.4) is 0 Å². The molecule has 0 rings (SSSR count). The van der Waals surface area contributed by atoms with E-state index in [2.05, 4.69) is 22.9 Å². The number of hydrogen-bond donors (Lipinski definition) is 1. The summed E-state index contributed by atoms with van der Waals surface area (Å²) in [5, 5.41) is 10.0. The Bertz CT molecular complexity index is 171. The van der Waals surface area contributed by atoms with Crippen molar-refractivity contribution in [2.75, 3.05) is 5.33 Å². The number of carboxylic acid groups (broad SMARTS) is 1. The molecule has 0 aromatic carbocycles. The largest absolute Gasteiger partial charge is 0.481 e. The molecule has 0 aliphatic heterocycles. The van der Waals surface area contributed by atoms with Crippen molar-refractivity contribution in [3.8, 4) is 0 Å². The van der Waals surface area contributed by atoms with E-state index in [0.29, 0.717) is 0 Å². The van der Waals surface area contributed by atoms with Gasteiger partial charge in [-0.2, -0.15) is 0 Å². The second kappa shape index (κ2) is 11.4. The Hall–Kier alpha value is -0.0500. The summed E-state index contributed by atoms with van der Waals surface area (Å²) in [4.78, 5) is 11.0. The Morgan fingerprint density at radius 2 is 1.62 bits per heavy atom. The van der Waals surface area contributed by atoms with Gasteiger partial charge < -0.3 is 5.11 Å². The van der Waals surface area contributed by atoms with Gasteiger partial charge in [0.1, 0.15) is 0 Å². The second-order valence-corrected chi connectivity index (χ2v) is 5.22. The highest BCUT2D eigenvalue weighted by atomic mass is 79.9. The zero-order chi connectivity index (χ0) is 12.2. The molecule has 16 heavy (non-hydrogen) atoms. The maximum atomic E-state index is 11.0. The number of halogens is 1. The normalized spacial score (nSPS) is 12.6. The molecule has 0 aliphatic carbocycles. The Labute approximate surface area is 108 Å². The Balaban J connectivity index is 3.56. The summed E-state index contributed by atoms with van der Waals surface area (Å²) in [7, 11) is 0. The van der Waals surface area contributed by atoms with Gasteiger partial charge in [-0.1, -0.05) is 61.4 Å². The molecule has 0 radical (unpaired) electrons. The molecule has 0 bridgehead atoms. The quantitative estimate of drug-likeness (QED) is 0.446. The smallest absolute Gasteiger partial charge is 0.306 e. The van der Waals surface area contributed by atoms with Gasteiger partial charge >= 0.3 is 5.97 Å². The van der Waals surface area contributed by atoms with Crippen molar-refractivity contribution in [1.82, 2.24) is 0 Å². The fourth-order valence-electron chi connectivity index (χ4n) is 1.87. The molecule has 1 unspecified atom stereocenters. The molecule has 1 atom stereocenters. The van der Waals surface area contributed by atoms with Crippen LogP contribution in [0.25, 0.3) is 0 Å². The molecule has 0 aromatic rings. The van der Waals surface area contributed by atoms with E-state index >= 15 is 0 Å². The van der Waals surface area contributed by atoms with Crippen LogP contribution in [0.5, 0.6) is 0 Å². The Morgan fingerprint density at radius 1 is 1.06 bits per heavy atom. The lowest BCUT2D eigenvalue weighted by Crippen LogP contribution is -2.13. The number of hydrogen-bond acceptors (Lipinski definition) is 1. The van der Waals surface area contributed by atoms with Crippen LogP contribution in [-0.4, -0.2) is 16.4 Å². The van der Waals surface area contributed by atoms with Crippen molar-refractivity contribution in [3.05, 3.63) is 0 Å². The van der Waals surface area contributed by atoms with Crippen molar-refractivity contribution >= 4 is 21.9 Å². The minimum Gasteiger partial charge on any atom is -0.481 e. The van der Waals surface area contributed by atoms with E-state index in [9.17, 15) is 4.79 Å². The standard InChI is InChI=1S/C13H25BrO2/c1-2-3-4-5-6-9-12(13(15)16)10-7-8-11-14/h12H,2-11H2,1H3,(H,15,16). The van der Waals surface area contributed by atoms with Gasteiger partial charge in [-0.25, -0.2) is 0 Å². The van der Waals surface area contributed by atoms with Gasteiger partial charge in [0.15, 0.2) is 0 Å². The van der Waals surface area contributed by atoms with E-state index in [-0.39, 0.29) is 5.92 Å². The highest BCUT2D eigenvalue weighted by Gasteiger charge is 2.15. The fraction of sp³-hybridized carbons (Fsp3) is 0.923. The van der Waals surface area contributed by atoms with Gasteiger partial charge in [0.2, 0.25) is 0 Å². The minimum absolute atomic E-state index is 0.110. The summed E-state index contributed by atoms with van der Waals surface area (Å²) in [6.45, 7) is 2.19. The highest BCUT2D eigenvalue weighted by molar-refractivity contribution is 9.09. The van der Waals surface area contributed by atoms with Crippen molar-refractivity contribution in [3.63, 3.8) is 0 Å². The average Bonchev–Trinajstić information content (AvgIpc) is 2.26. The molecule has 0 spiro atoms. The first-order valence-corrected chi connectivity index (χ1v) is 7.63. The molecule has 0 aromatic heterocycles. The first-order valence-electron chi connectivity index (χ1n) is 6.51. The lowest BCUT2D eigenvalue weighted by Gasteiger charge is -2.11. The Morgan fingerprint density at radius 3 is 2.12 bits per heavy atom. The van der Waals surface area contributed by atoms with E-state index < -0.39 is 5.97 Å².